The first-order valence-corrected chi connectivity index (χ1v) is 28.1. The molecule has 4 aromatic heterocycles. The fraction of sp³-hybridized carbons (Fsp3) is 0.450. The molecule has 0 saturated carbocycles. The molecule has 2 fully saturated rings. The molecule has 2 aliphatic heterocycles. The van der Waals surface area contributed by atoms with Crippen molar-refractivity contribution in [1.29, 1.82) is 0 Å². The Hall–Kier alpha value is -7.56. The van der Waals surface area contributed by atoms with Crippen LogP contribution in [0, 0.1) is 18.7 Å². The Morgan fingerprint density at radius 3 is 2.12 bits per heavy atom. The van der Waals surface area contributed by atoms with Gasteiger partial charge in [-0.15, -0.1) is 0 Å². The zero-order valence-electron chi connectivity index (χ0n) is 47.3. The summed E-state index contributed by atoms with van der Waals surface area (Å²) in [4.78, 5) is 52.0. The van der Waals surface area contributed by atoms with Crippen LogP contribution < -0.4 is 46.0 Å². The summed E-state index contributed by atoms with van der Waals surface area (Å²) in [5.41, 5.74) is 5.57. The molecule has 8 rings (SSSR count). The maximum atomic E-state index is 13.9. The minimum atomic E-state index is -0.272. The average molecular weight is 1110 g/mol. The lowest BCUT2D eigenvalue weighted by Crippen LogP contribution is -2.48. The van der Waals surface area contributed by atoms with E-state index >= 15 is 0 Å². The maximum absolute atomic E-state index is 13.9. The molecule has 5 N–H and O–H groups in total. The number of piperidine rings is 2. The van der Waals surface area contributed by atoms with E-state index in [0.29, 0.717) is 112 Å². The zero-order valence-corrected chi connectivity index (χ0v) is 47.3. The second-order valence-electron chi connectivity index (χ2n) is 19.5. The summed E-state index contributed by atoms with van der Waals surface area (Å²) in [7, 11) is 3.15. The molecule has 20 nitrogen and oxygen atoms in total. The molecule has 2 aliphatic rings. The predicted octanol–water partition coefficient (Wildman–Crippen LogP) is 7.82. The van der Waals surface area contributed by atoms with Gasteiger partial charge in [-0.25, -0.2) is 29.3 Å². The summed E-state index contributed by atoms with van der Waals surface area (Å²) in [6.45, 7) is 15.8. The first kappa shape index (κ1) is 61.1. The van der Waals surface area contributed by atoms with Gasteiger partial charge in [0.2, 0.25) is 6.41 Å². The quantitative estimate of drug-likeness (QED) is 0.0207. The average Bonchev–Trinajstić information content (AvgIpc) is 3.50. The fourth-order valence-corrected chi connectivity index (χ4v) is 9.72. The van der Waals surface area contributed by atoms with Gasteiger partial charge in [0.05, 0.1) is 82.5 Å². The van der Waals surface area contributed by atoms with E-state index in [2.05, 4.69) is 80.3 Å². The zero-order chi connectivity index (χ0) is 56.9. The maximum Gasteiger partial charge on any atom is 0.254 e. The lowest BCUT2D eigenvalue weighted by atomic mass is 9.93. The van der Waals surface area contributed by atoms with Gasteiger partial charge in [-0.3, -0.25) is 9.59 Å². The number of likely N-dealkylation sites (N-methyl/N-ethyl adjacent to an activating group) is 1. The number of benzene rings is 2. The number of anilines is 7. The van der Waals surface area contributed by atoms with Crippen molar-refractivity contribution >= 4 is 52.5 Å². The number of amides is 2. The molecular weight excluding hydrogens is 1030 g/mol. The molecule has 434 valence electrons. The van der Waals surface area contributed by atoms with Crippen LogP contribution in [0.4, 0.5) is 44.6 Å². The lowest BCUT2D eigenvalue weighted by Gasteiger charge is -2.41. The number of hydrogen-bond donors (Lipinski definition) is 5. The molecule has 1 unspecified atom stereocenters. The van der Waals surface area contributed by atoms with Gasteiger partial charge in [-0.05, 0) is 113 Å². The summed E-state index contributed by atoms with van der Waals surface area (Å²) < 4.78 is 41.5. The van der Waals surface area contributed by atoms with Gasteiger partial charge in [0, 0.05) is 113 Å². The van der Waals surface area contributed by atoms with E-state index in [-0.39, 0.29) is 11.7 Å². The highest BCUT2D eigenvalue weighted by Gasteiger charge is 2.27. The molecule has 1 atom stereocenters. The number of aryl methyl sites for hydroxylation is 1. The minimum Gasteiger partial charge on any atom is -0.494 e. The third-order valence-electron chi connectivity index (χ3n) is 13.9. The second kappa shape index (κ2) is 33.9. The van der Waals surface area contributed by atoms with Gasteiger partial charge >= 0.3 is 0 Å². The highest BCUT2D eigenvalue weighted by Crippen LogP contribution is 2.38. The predicted molar refractivity (Wildman–Crippen MR) is 316 cm³/mol. The summed E-state index contributed by atoms with van der Waals surface area (Å²) in [6, 6.07) is 24.6. The van der Waals surface area contributed by atoms with Crippen molar-refractivity contribution in [3.05, 3.63) is 127 Å². The van der Waals surface area contributed by atoms with E-state index < -0.39 is 0 Å². The summed E-state index contributed by atoms with van der Waals surface area (Å²) in [6.07, 6.45) is 15.0. The fourth-order valence-electron chi connectivity index (χ4n) is 9.72. The van der Waals surface area contributed by atoms with Crippen LogP contribution in [0.5, 0.6) is 5.75 Å². The number of carbonyl (C=O) groups is 2. The lowest BCUT2D eigenvalue weighted by molar-refractivity contribution is -0.109. The summed E-state index contributed by atoms with van der Waals surface area (Å²) in [5.74, 6) is 3.59. The topological polar surface area (TPSA) is 215 Å². The molecule has 0 aliphatic carbocycles. The number of halogens is 1. The SMILES string of the molecule is CCN(c1cc(N2CCC(CCNCCOCCOCCOCCOCCNC=O)CC2)ccn1)C1CCCN(c2cccc(F)c2)C1.CNC(=O)c1cnc(Nc2ccc(C)cn2)cc1Nc1cccc(-c2ncccn2)c1OC. The van der Waals surface area contributed by atoms with Gasteiger partial charge < -0.3 is 65.0 Å². The van der Waals surface area contributed by atoms with Crippen LogP contribution in [0.25, 0.3) is 11.4 Å². The van der Waals surface area contributed by atoms with Crippen molar-refractivity contribution in [1.82, 2.24) is 40.9 Å². The van der Waals surface area contributed by atoms with Crippen LogP contribution in [-0.4, -0.2) is 163 Å². The first-order valence-electron chi connectivity index (χ1n) is 28.1. The number of nitrogens with zero attached hydrogens (tertiary/aromatic N) is 8. The molecule has 0 spiro atoms. The third kappa shape index (κ3) is 19.6. The number of hydrogen-bond acceptors (Lipinski definition) is 18. The number of rotatable bonds is 31. The largest absolute Gasteiger partial charge is 0.494 e. The van der Waals surface area contributed by atoms with Gasteiger partial charge in [0.1, 0.15) is 23.3 Å². The highest BCUT2D eigenvalue weighted by molar-refractivity contribution is 6.00. The van der Waals surface area contributed by atoms with Crippen molar-refractivity contribution in [2.45, 2.75) is 52.0 Å². The van der Waals surface area contributed by atoms with E-state index in [4.69, 9.17) is 28.7 Å². The highest BCUT2D eigenvalue weighted by atomic mass is 19.1. The van der Waals surface area contributed by atoms with Crippen molar-refractivity contribution in [2.75, 3.05) is 145 Å². The Balaban J connectivity index is 0.000000250. The Morgan fingerprint density at radius 2 is 1.43 bits per heavy atom. The Labute approximate surface area is 475 Å². The van der Waals surface area contributed by atoms with Crippen LogP contribution in [0.1, 0.15) is 54.9 Å². The summed E-state index contributed by atoms with van der Waals surface area (Å²) >= 11 is 0. The van der Waals surface area contributed by atoms with Gasteiger partial charge in [0.25, 0.3) is 5.91 Å². The third-order valence-corrected chi connectivity index (χ3v) is 13.9. The molecule has 2 saturated heterocycles. The Kier molecular flexibility index (Phi) is 25.6. The molecule has 81 heavy (non-hydrogen) atoms. The normalized spacial score (nSPS) is 14.4. The van der Waals surface area contributed by atoms with Crippen LogP contribution in [0.3, 0.4) is 0 Å². The van der Waals surface area contributed by atoms with Crippen molar-refractivity contribution in [3.8, 4) is 17.1 Å². The van der Waals surface area contributed by atoms with E-state index in [1.165, 1.54) is 37.2 Å². The van der Waals surface area contributed by atoms with Crippen molar-refractivity contribution in [2.24, 2.45) is 5.92 Å². The molecule has 6 heterocycles. The number of pyridine rings is 3. The van der Waals surface area contributed by atoms with Crippen LogP contribution in [0.15, 0.2) is 110 Å². The number of methoxy groups -OCH3 is 1. The number of para-hydroxylation sites is 1. The molecule has 6 aromatic rings. The van der Waals surface area contributed by atoms with Crippen LogP contribution in [0.2, 0.25) is 0 Å². The summed E-state index contributed by atoms with van der Waals surface area (Å²) in [5, 5.41) is 15.2. The van der Waals surface area contributed by atoms with E-state index in [9.17, 15) is 14.0 Å². The van der Waals surface area contributed by atoms with Crippen LogP contribution in [-0.2, 0) is 23.7 Å². The molecule has 0 radical (unpaired) electrons. The van der Waals surface area contributed by atoms with Gasteiger partial charge in [-0.2, -0.15) is 0 Å². The van der Waals surface area contributed by atoms with Crippen molar-refractivity contribution in [3.63, 3.8) is 0 Å². The molecule has 21 heteroatoms. The standard InChI is InChI=1S/C36H57FN6O5.C24H23N7O2/c1-2-43(35-7-4-16-42(29-35)33-6-3-5-32(37)27-33)36-28-34(9-13-40-36)41-17-10-31(11-18-41)8-12-38-14-19-45-21-23-47-25-26-48-24-22-46-20-15-39-30-44;1-15-8-9-20(28-13-15)31-21-12-19(17(14-29-21)24(32)25-2)30-18-7-4-6-16(22(18)33-3)23-26-10-5-11-27-23/h3,5-6,9,13,27-28,30-31,35,38H,2,4,7-8,10-12,14-26,29H2,1H3,(H,39,44);4-14H,1-3H3,(H,25,32)(H2,28,29,30,31). The van der Waals surface area contributed by atoms with Crippen LogP contribution >= 0.6 is 0 Å². The molecule has 2 amide bonds. The Bertz CT molecular complexity index is 2800. The smallest absolute Gasteiger partial charge is 0.254 e. The van der Waals surface area contributed by atoms with Gasteiger partial charge in [0.15, 0.2) is 11.6 Å². The second-order valence-corrected chi connectivity index (χ2v) is 19.5. The monoisotopic (exact) mass is 1110 g/mol. The van der Waals surface area contributed by atoms with E-state index in [0.717, 1.165) is 87.2 Å². The number of nitrogens with one attached hydrogen (secondary N) is 5. The molecule has 2 aromatic carbocycles. The first-order chi connectivity index (χ1) is 39.8. The van der Waals surface area contributed by atoms with Gasteiger partial charge in [-0.1, -0.05) is 18.2 Å². The number of aromatic nitrogens is 5. The van der Waals surface area contributed by atoms with Crippen molar-refractivity contribution < 1.29 is 37.7 Å². The Morgan fingerprint density at radius 1 is 0.716 bits per heavy atom. The molecular formula is C60H80FN13O7. The molecule has 0 bridgehead atoms. The number of carbonyl (C=O) groups excluding carboxylic acids is 2. The number of ether oxygens (including phenoxy) is 5. The van der Waals surface area contributed by atoms with E-state index in [1.54, 1.807) is 57.0 Å². The minimum absolute atomic E-state index is 0.180. The van der Waals surface area contributed by atoms with E-state index in [1.807, 2.05) is 49.5 Å².